The Morgan fingerprint density at radius 1 is 1.39 bits per heavy atom. The Kier molecular flexibility index (Phi) is 7.56. The smallest absolute Gasteiger partial charge is 0.235 e. The molecular weight excluding hydrogens is 290 g/mol. The second kappa shape index (κ2) is 9.16. The second-order valence-corrected chi connectivity index (χ2v) is 6.27. The molecule has 126 valence electrons. The first-order valence-corrected chi connectivity index (χ1v) is 7.96. The summed E-state index contributed by atoms with van der Waals surface area (Å²) in [6, 6.07) is 11.9. The van der Waals surface area contributed by atoms with Gasteiger partial charge in [-0.25, -0.2) is 0 Å². The summed E-state index contributed by atoms with van der Waals surface area (Å²) in [5.41, 5.74) is -0.825. The molecule has 0 aromatic heterocycles. The number of rotatable bonds is 9. The molecule has 1 aromatic rings. The van der Waals surface area contributed by atoms with Gasteiger partial charge in [0.25, 0.3) is 0 Å². The molecule has 0 aliphatic carbocycles. The lowest BCUT2D eigenvalue weighted by Gasteiger charge is -2.28. The Bertz CT molecular complexity index is 525. The van der Waals surface area contributed by atoms with Gasteiger partial charge in [-0.3, -0.25) is 9.69 Å². The highest BCUT2D eigenvalue weighted by molar-refractivity contribution is 5.79. The van der Waals surface area contributed by atoms with Crippen molar-refractivity contribution in [2.45, 2.75) is 32.7 Å². The van der Waals surface area contributed by atoms with E-state index in [0.717, 1.165) is 18.7 Å². The van der Waals surface area contributed by atoms with Crippen molar-refractivity contribution in [2.75, 3.05) is 26.7 Å². The number of ether oxygens (including phenoxy) is 1. The number of carbonyl (C=O) groups excluding carboxylic acids is 1. The number of para-hydroxylation sites is 1. The third kappa shape index (κ3) is 6.70. The van der Waals surface area contributed by atoms with Gasteiger partial charge in [0.15, 0.2) is 0 Å². The molecule has 0 unspecified atom stereocenters. The van der Waals surface area contributed by atoms with Crippen molar-refractivity contribution in [3.63, 3.8) is 0 Å². The summed E-state index contributed by atoms with van der Waals surface area (Å²) in [5, 5.41) is 12.0. The normalized spacial score (nSPS) is 13.4. The number of nitrogens with one attached hydrogen (secondary N) is 1. The minimum atomic E-state index is -0.825. The molecule has 5 heteroatoms. The Balaban J connectivity index is 2.27. The maximum absolute atomic E-state index is 12.1. The summed E-state index contributed by atoms with van der Waals surface area (Å²) in [7, 11) is 1.89. The molecule has 5 nitrogen and oxygen atoms in total. The molecule has 0 radical (unpaired) electrons. The first-order valence-electron chi connectivity index (χ1n) is 7.96. The average molecular weight is 317 g/mol. The maximum atomic E-state index is 12.1. The number of carbonyl (C=O) groups is 1. The molecule has 0 saturated heterocycles. The van der Waals surface area contributed by atoms with E-state index in [4.69, 9.17) is 4.74 Å². The molecular formula is C18H27N3O2. The largest absolute Gasteiger partial charge is 0.494 e. The molecule has 0 heterocycles. The monoisotopic (exact) mass is 317 g/mol. The molecule has 1 N–H and O–H groups in total. The fourth-order valence-corrected chi connectivity index (χ4v) is 2.00. The van der Waals surface area contributed by atoms with Gasteiger partial charge in [0.2, 0.25) is 5.91 Å². The Morgan fingerprint density at radius 2 is 2.04 bits per heavy atom. The van der Waals surface area contributed by atoms with Crippen molar-refractivity contribution in [1.82, 2.24) is 10.2 Å². The van der Waals surface area contributed by atoms with Gasteiger partial charge in [-0.15, -0.1) is 0 Å². The Morgan fingerprint density at radius 3 is 2.61 bits per heavy atom. The van der Waals surface area contributed by atoms with E-state index in [9.17, 15) is 10.1 Å². The van der Waals surface area contributed by atoms with Gasteiger partial charge < -0.3 is 10.1 Å². The molecule has 1 amide bonds. The number of nitriles is 1. The van der Waals surface area contributed by atoms with Crippen LogP contribution in [0.15, 0.2) is 30.3 Å². The van der Waals surface area contributed by atoms with E-state index in [1.165, 1.54) is 0 Å². The molecule has 0 fully saturated rings. The van der Waals surface area contributed by atoms with Crippen molar-refractivity contribution >= 4 is 5.91 Å². The first kappa shape index (κ1) is 19.0. The van der Waals surface area contributed by atoms with Crippen LogP contribution in [0.1, 0.15) is 27.2 Å². The van der Waals surface area contributed by atoms with Crippen LogP contribution >= 0.6 is 0 Å². The van der Waals surface area contributed by atoms with E-state index in [-0.39, 0.29) is 18.4 Å². The van der Waals surface area contributed by atoms with Crippen LogP contribution in [-0.2, 0) is 4.79 Å². The molecule has 0 aliphatic rings. The highest BCUT2D eigenvalue weighted by Gasteiger charge is 2.29. The van der Waals surface area contributed by atoms with Gasteiger partial charge in [-0.2, -0.15) is 5.26 Å². The van der Waals surface area contributed by atoms with Crippen LogP contribution in [0.5, 0.6) is 5.75 Å². The van der Waals surface area contributed by atoms with Crippen LogP contribution in [0.25, 0.3) is 0 Å². The standard InChI is InChI=1S/C18H27N3O2/c1-15(2)18(3,14-19)20-17(22)13-21(4)11-8-12-23-16-9-6-5-7-10-16/h5-7,9-10,15H,8,11-13H2,1-4H3,(H,20,22)/t18-/m0/s1. The summed E-state index contributed by atoms with van der Waals surface area (Å²) < 4.78 is 5.62. The minimum Gasteiger partial charge on any atom is -0.494 e. The molecule has 1 rings (SSSR count). The van der Waals surface area contributed by atoms with Gasteiger partial charge in [-0.1, -0.05) is 32.0 Å². The fraction of sp³-hybridized carbons (Fsp3) is 0.556. The predicted molar refractivity (Wildman–Crippen MR) is 91.0 cm³/mol. The number of likely N-dealkylation sites (N-methyl/N-ethyl adjacent to an activating group) is 1. The van der Waals surface area contributed by atoms with Crippen molar-refractivity contribution < 1.29 is 9.53 Å². The van der Waals surface area contributed by atoms with Crippen molar-refractivity contribution in [3.05, 3.63) is 30.3 Å². The minimum absolute atomic E-state index is 0.0565. The van der Waals surface area contributed by atoms with Gasteiger partial charge >= 0.3 is 0 Å². The molecule has 0 spiro atoms. The van der Waals surface area contributed by atoms with Gasteiger partial charge in [-0.05, 0) is 38.4 Å². The predicted octanol–water partition coefficient (Wildman–Crippen LogP) is 2.44. The molecule has 0 bridgehead atoms. The van der Waals surface area contributed by atoms with Crippen LogP contribution < -0.4 is 10.1 Å². The van der Waals surface area contributed by atoms with Crippen LogP contribution in [0.3, 0.4) is 0 Å². The third-order valence-corrected chi connectivity index (χ3v) is 3.90. The van der Waals surface area contributed by atoms with Crippen LogP contribution in [0.4, 0.5) is 0 Å². The summed E-state index contributed by atoms with van der Waals surface area (Å²) in [5.74, 6) is 0.782. The zero-order valence-electron chi connectivity index (χ0n) is 14.5. The lowest BCUT2D eigenvalue weighted by atomic mass is 9.90. The third-order valence-electron chi connectivity index (χ3n) is 3.90. The van der Waals surface area contributed by atoms with E-state index in [1.54, 1.807) is 6.92 Å². The molecule has 1 atom stereocenters. The summed E-state index contributed by atoms with van der Waals surface area (Å²) in [6.45, 7) is 7.24. The van der Waals surface area contributed by atoms with Crippen LogP contribution in [0.2, 0.25) is 0 Å². The van der Waals surface area contributed by atoms with Gasteiger partial charge in [0, 0.05) is 6.54 Å². The van der Waals surface area contributed by atoms with E-state index < -0.39 is 5.54 Å². The summed E-state index contributed by atoms with van der Waals surface area (Å²) in [4.78, 5) is 14.0. The fourth-order valence-electron chi connectivity index (χ4n) is 2.00. The number of amides is 1. The maximum Gasteiger partial charge on any atom is 0.235 e. The van der Waals surface area contributed by atoms with Crippen LogP contribution in [-0.4, -0.2) is 43.1 Å². The SMILES string of the molecule is CC(C)[C@](C)(C#N)NC(=O)CN(C)CCCOc1ccccc1. The topological polar surface area (TPSA) is 65.4 Å². The molecule has 1 aromatic carbocycles. The number of hydrogen-bond donors (Lipinski definition) is 1. The Hall–Kier alpha value is -2.06. The first-order chi connectivity index (χ1) is 10.9. The second-order valence-electron chi connectivity index (χ2n) is 6.27. The number of nitrogens with zero attached hydrogens (tertiary/aromatic N) is 2. The lowest BCUT2D eigenvalue weighted by Crippen LogP contribution is -2.51. The highest BCUT2D eigenvalue weighted by atomic mass is 16.5. The summed E-state index contributed by atoms with van der Waals surface area (Å²) in [6.07, 6.45) is 0.832. The number of hydrogen-bond acceptors (Lipinski definition) is 4. The molecule has 0 saturated carbocycles. The summed E-state index contributed by atoms with van der Waals surface area (Å²) >= 11 is 0. The van der Waals surface area contributed by atoms with Crippen molar-refractivity contribution in [3.8, 4) is 11.8 Å². The van der Waals surface area contributed by atoms with Crippen LogP contribution in [0, 0.1) is 17.2 Å². The van der Waals surface area contributed by atoms with Crippen molar-refractivity contribution in [2.24, 2.45) is 5.92 Å². The zero-order valence-corrected chi connectivity index (χ0v) is 14.5. The number of benzene rings is 1. The highest BCUT2D eigenvalue weighted by Crippen LogP contribution is 2.14. The van der Waals surface area contributed by atoms with E-state index in [0.29, 0.717) is 6.61 Å². The van der Waals surface area contributed by atoms with Crippen molar-refractivity contribution in [1.29, 1.82) is 5.26 Å². The van der Waals surface area contributed by atoms with E-state index in [2.05, 4.69) is 11.4 Å². The van der Waals surface area contributed by atoms with E-state index >= 15 is 0 Å². The van der Waals surface area contributed by atoms with Gasteiger partial charge in [0.1, 0.15) is 11.3 Å². The zero-order chi connectivity index (χ0) is 17.3. The lowest BCUT2D eigenvalue weighted by molar-refractivity contribution is -0.123. The Labute approximate surface area is 139 Å². The average Bonchev–Trinajstić information content (AvgIpc) is 2.52. The van der Waals surface area contributed by atoms with E-state index in [1.807, 2.05) is 56.1 Å². The quantitative estimate of drug-likeness (QED) is 0.711. The molecule has 23 heavy (non-hydrogen) atoms. The van der Waals surface area contributed by atoms with Gasteiger partial charge in [0.05, 0.1) is 19.2 Å². The molecule has 0 aliphatic heterocycles.